The van der Waals surface area contributed by atoms with Gasteiger partial charge in [-0.25, -0.2) is 4.79 Å². The van der Waals surface area contributed by atoms with Crippen LogP contribution in [0.3, 0.4) is 0 Å². The van der Waals surface area contributed by atoms with Gasteiger partial charge in [-0.3, -0.25) is 0 Å². The van der Waals surface area contributed by atoms with E-state index in [1.807, 2.05) is 55.8 Å². The van der Waals surface area contributed by atoms with Gasteiger partial charge in [0.2, 0.25) is 0 Å². The summed E-state index contributed by atoms with van der Waals surface area (Å²) in [7, 11) is 1.64. The predicted molar refractivity (Wildman–Crippen MR) is 74.4 cm³/mol. The summed E-state index contributed by atoms with van der Waals surface area (Å²) < 4.78 is 12.3. The highest BCUT2D eigenvalue weighted by atomic mass is 16.5. The molecule has 0 bridgehead atoms. The highest BCUT2D eigenvalue weighted by molar-refractivity contribution is 5.86. The van der Waals surface area contributed by atoms with Crippen LogP contribution in [0.4, 0.5) is 0 Å². The minimum absolute atomic E-state index is 0.233. The van der Waals surface area contributed by atoms with Crippen LogP contribution in [0.15, 0.2) is 30.5 Å². The van der Waals surface area contributed by atoms with E-state index in [9.17, 15) is 4.79 Å². The first-order valence-corrected chi connectivity index (χ1v) is 6.33. The van der Waals surface area contributed by atoms with Gasteiger partial charge in [-0.1, -0.05) is 0 Å². The van der Waals surface area contributed by atoms with E-state index in [0.29, 0.717) is 6.61 Å². The van der Waals surface area contributed by atoms with Gasteiger partial charge in [0.1, 0.15) is 11.3 Å². The molecular weight excluding hydrogens is 242 g/mol. The lowest BCUT2D eigenvalue weighted by Gasteiger charge is -2.25. The number of aromatic nitrogens is 1. The lowest BCUT2D eigenvalue weighted by Crippen LogP contribution is -2.36. The first kappa shape index (κ1) is 13.5. The molecule has 2 aromatic rings. The third kappa shape index (κ3) is 2.30. The Bertz CT molecular complexity index is 598. The number of methoxy groups -OCH3 is 1. The molecule has 1 aromatic heterocycles. The van der Waals surface area contributed by atoms with Crippen molar-refractivity contribution in [2.24, 2.45) is 0 Å². The van der Waals surface area contributed by atoms with Crippen molar-refractivity contribution in [1.82, 2.24) is 4.57 Å². The van der Waals surface area contributed by atoms with Crippen LogP contribution in [0.25, 0.3) is 10.9 Å². The van der Waals surface area contributed by atoms with E-state index in [-0.39, 0.29) is 5.97 Å². The van der Waals surface area contributed by atoms with Crippen LogP contribution >= 0.6 is 0 Å². The molecule has 0 aliphatic rings. The number of hydrogen-bond donors (Lipinski definition) is 0. The van der Waals surface area contributed by atoms with Gasteiger partial charge in [-0.2, -0.15) is 0 Å². The van der Waals surface area contributed by atoms with Gasteiger partial charge in [0, 0.05) is 17.1 Å². The molecule has 0 spiro atoms. The van der Waals surface area contributed by atoms with Gasteiger partial charge in [-0.15, -0.1) is 0 Å². The fourth-order valence-electron chi connectivity index (χ4n) is 2.14. The molecule has 0 fully saturated rings. The molecule has 0 radical (unpaired) electrons. The van der Waals surface area contributed by atoms with Crippen molar-refractivity contribution < 1.29 is 14.3 Å². The average molecular weight is 261 g/mol. The molecule has 1 aromatic carbocycles. The second-order valence-corrected chi connectivity index (χ2v) is 4.89. The van der Waals surface area contributed by atoms with E-state index >= 15 is 0 Å². The van der Waals surface area contributed by atoms with E-state index in [4.69, 9.17) is 9.47 Å². The number of rotatable bonds is 4. The van der Waals surface area contributed by atoms with Crippen molar-refractivity contribution >= 4 is 16.9 Å². The topological polar surface area (TPSA) is 40.5 Å². The van der Waals surface area contributed by atoms with E-state index in [0.717, 1.165) is 16.7 Å². The second kappa shape index (κ2) is 4.96. The van der Waals surface area contributed by atoms with Gasteiger partial charge in [0.15, 0.2) is 0 Å². The van der Waals surface area contributed by atoms with E-state index < -0.39 is 5.54 Å². The maximum Gasteiger partial charge on any atom is 0.331 e. The molecular formula is C15H19NO3. The van der Waals surface area contributed by atoms with Gasteiger partial charge in [-0.05, 0) is 45.0 Å². The zero-order chi connectivity index (χ0) is 14.0. The summed E-state index contributed by atoms with van der Waals surface area (Å²) in [5.74, 6) is 0.572. The first-order chi connectivity index (χ1) is 9.00. The molecule has 19 heavy (non-hydrogen) atoms. The van der Waals surface area contributed by atoms with Crippen LogP contribution in [0, 0.1) is 0 Å². The van der Waals surface area contributed by atoms with Gasteiger partial charge < -0.3 is 14.0 Å². The van der Waals surface area contributed by atoms with Gasteiger partial charge >= 0.3 is 5.97 Å². The SMILES string of the molecule is CCOC(=O)C(C)(C)n1ccc2cc(OC)ccc21. The molecule has 0 atom stereocenters. The number of esters is 1. The summed E-state index contributed by atoms with van der Waals surface area (Å²) in [6.45, 7) is 5.91. The van der Waals surface area contributed by atoms with Crippen molar-refractivity contribution in [2.75, 3.05) is 13.7 Å². The molecule has 0 saturated heterocycles. The van der Waals surface area contributed by atoms with Gasteiger partial charge in [0.25, 0.3) is 0 Å². The largest absolute Gasteiger partial charge is 0.497 e. The Labute approximate surface area is 112 Å². The zero-order valence-corrected chi connectivity index (χ0v) is 11.8. The van der Waals surface area contributed by atoms with Crippen LogP contribution < -0.4 is 4.74 Å². The smallest absolute Gasteiger partial charge is 0.331 e. The van der Waals surface area contributed by atoms with Crippen molar-refractivity contribution in [3.63, 3.8) is 0 Å². The highest BCUT2D eigenvalue weighted by Gasteiger charge is 2.31. The number of benzene rings is 1. The van der Waals surface area contributed by atoms with E-state index in [1.54, 1.807) is 7.11 Å². The minimum Gasteiger partial charge on any atom is -0.497 e. The third-order valence-electron chi connectivity index (χ3n) is 3.27. The van der Waals surface area contributed by atoms with Crippen molar-refractivity contribution in [2.45, 2.75) is 26.3 Å². The molecule has 4 heteroatoms. The summed E-state index contributed by atoms with van der Waals surface area (Å²) in [5.41, 5.74) is 0.255. The second-order valence-electron chi connectivity index (χ2n) is 4.89. The molecule has 2 rings (SSSR count). The molecule has 1 heterocycles. The van der Waals surface area contributed by atoms with Crippen LogP contribution in [0.5, 0.6) is 5.75 Å². The van der Waals surface area contributed by atoms with Gasteiger partial charge in [0.05, 0.1) is 13.7 Å². The number of nitrogens with zero attached hydrogens (tertiary/aromatic N) is 1. The molecule has 102 valence electrons. The average Bonchev–Trinajstić information content (AvgIpc) is 2.82. The Hall–Kier alpha value is -1.97. The Morgan fingerprint density at radius 3 is 2.68 bits per heavy atom. The summed E-state index contributed by atoms with van der Waals surface area (Å²) in [6.07, 6.45) is 1.90. The lowest BCUT2D eigenvalue weighted by atomic mass is 10.1. The Balaban J connectivity index is 2.48. The van der Waals surface area contributed by atoms with Crippen LogP contribution in [0.2, 0.25) is 0 Å². The molecule has 0 aliphatic carbocycles. The molecule has 0 saturated carbocycles. The fourth-order valence-corrected chi connectivity index (χ4v) is 2.14. The third-order valence-corrected chi connectivity index (χ3v) is 3.27. The normalized spacial score (nSPS) is 11.6. The Morgan fingerprint density at radius 1 is 1.32 bits per heavy atom. The molecule has 0 N–H and O–H groups in total. The van der Waals surface area contributed by atoms with E-state index in [2.05, 4.69) is 0 Å². The lowest BCUT2D eigenvalue weighted by molar-refractivity contribution is -0.151. The predicted octanol–water partition coefficient (Wildman–Crippen LogP) is 2.95. The Kier molecular flexibility index (Phi) is 3.51. The standard InChI is InChI=1S/C15H19NO3/c1-5-19-14(17)15(2,3)16-9-8-11-10-12(18-4)6-7-13(11)16/h6-10H,5H2,1-4H3. The minimum atomic E-state index is -0.730. The van der Waals surface area contributed by atoms with Crippen LogP contribution in [-0.4, -0.2) is 24.3 Å². The summed E-state index contributed by atoms with van der Waals surface area (Å²) in [5, 5.41) is 1.04. The molecule has 0 aliphatic heterocycles. The fraction of sp³-hybridized carbons (Fsp3) is 0.400. The maximum atomic E-state index is 12.1. The molecule has 0 unspecified atom stereocenters. The van der Waals surface area contributed by atoms with Crippen LogP contribution in [-0.2, 0) is 15.1 Å². The summed E-state index contributed by atoms with van der Waals surface area (Å²) >= 11 is 0. The molecule has 0 amide bonds. The monoisotopic (exact) mass is 261 g/mol. The number of ether oxygens (including phenoxy) is 2. The zero-order valence-electron chi connectivity index (χ0n) is 11.8. The summed E-state index contributed by atoms with van der Waals surface area (Å²) in [6, 6.07) is 7.76. The quantitative estimate of drug-likeness (QED) is 0.794. The highest BCUT2D eigenvalue weighted by Crippen LogP contribution is 2.28. The van der Waals surface area contributed by atoms with E-state index in [1.165, 1.54) is 0 Å². The number of carbonyl (C=O) groups excluding carboxylic acids is 1. The number of fused-ring (bicyclic) bond motifs is 1. The molecule has 4 nitrogen and oxygen atoms in total. The Morgan fingerprint density at radius 2 is 2.05 bits per heavy atom. The number of carbonyl (C=O) groups is 1. The van der Waals surface area contributed by atoms with Crippen molar-refractivity contribution in [3.05, 3.63) is 30.5 Å². The van der Waals surface area contributed by atoms with Crippen molar-refractivity contribution in [1.29, 1.82) is 0 Å². The maximum absolute atomic E-state index is 12.1. The summed E-state index contributed by atoms with van der Waals surface area (Å²) in [4.78, 5) is 12.1. The van der Waals surface area contributed by atoms with Crippen LogP contribution in [0.1, 0.15) is 20.8 Å². The number of hydrogen-bond acceptors (Lipinski definition) is 3. The van der Waals surface area contributed by atoms with Crippen molar-refractivity contribution in [3.8, 4) is 5.75 Å². The first-order valence-electron chi connectivity index (χ1n) is 6.33.